The zero-order valence-corrected chi connectivity index (χ0v) is 18.2. The van der Waals surface area contributed by atoms with Gasteiger partial charge in [-0.1, -0.05) is 58.0 Å². The van der Waals surface area contributed by atoms with Crippen molar-refractivity contribution in [2.45, 2.75) is 71.4 Å². The summed E-state index contributed by atoms with van der Waals surface area (Å²) in [5, 5.41) is 3.19. The van der Waals surface area contributed by atoms with E-state index in [0.717, 1.165) is 47.5 Å². The number of amides is 1. The molecule has 0 saturated heterocycles. The van der Waals surface area contributed by atoms with Crippen LogP contribution >= 0.6 is 0 Å². The Labute approximate surface area is 174 Å². The summed E-state index contributed by atoms with van der Waals surface area (Å²) in [5.74, 6) is 1.89. The maximum absolute atomic E-state index is 12.8. The molecule has 1 atom stereocenters. The molecule has 0 bridgehead atoms. The molecule has 0 fully saturated rings. The van der Waals surface area contributed by atoms with Crippen LogP contribution in [0.1, 0.15) is 75.6 Å². The van der Waals surface area contributed by atoms with Crippen molar-refractivity contribution in [1.29, 1.82) is 0 Å². The normalized spacial score (nSPS) is 17.4. The molecule has 2 aromatic rings. The fourth-order valence-corrected chi connectivity index (χ4v) is 4.05. The van der Waals surface area contributed by atoms with Gasteiger partial charge in [0.15, 0.2) is 6.61 Å². The van der Waals surface area contributed by atoms with Gasteiger partial charge in [-0.15, -0.1) is 0 Å². The van der Waals surface area contributed by atoms with Crippen LogP contribution in [0.2, 0.25) is 0 Å². The number of nitrogens with one attached hydrogen (secondary N) is 1. The van der Waals surface area contributed by atoms with E-state index in [1.54, 1.807) is 0 Å². The first-order valence-corrected chi connectivity index (χ1v) is 10.7. The summed E-state index contributed by atoms with van der Waals surface area (Å²) in [5.41, 5.74) is 3.04. The van der Waals surface area contributed by atoms with Crippen LogP contribution in [0.25, 0.3) is 0 Å². The van der Waals surface area contributed by atoms with E-state index < -0.39 is 0 Å². The SMILES string of the molecule is CCC1(CC)C[C@@H](NC(=O)COc2cc(C)ccc2C(C)C)c2ccccc2O1. The Bertz CT molecular complexity index is 855. The molecule has 1 N–H and O–H groups in total. The van der Waals surface area contributed by atoms with Crippen LogP contribution < -0.4 is 14.8 Å². The van der Waals surface area contributed by atoms with E-state index in [4.69, 9.17) is 9.47 Å². The van der Waals surface area contributed by atoms with Crippen LogP contribution in [0.15, 0.2) is 42.5 Å². The molecule has 156 valence electrons. The monoisotopic (exact) mass is 395 g/mol. The van der Waals surface area contributed by atoms with Crippen molar-refractivity contribution in [3.8, 4) is 11.5 Å². The third-order valence-corrected chi connectivity index (χ3v) is 5.97. The van der Waals surface area contributed by atoms with Gasteiger partial charge in [0, 0.05) is 12.0 Å². The highest BCUT2D eigenvalue weighted by Gasteiger charge is 2.38. The van der Waals surface area contributed by atoms with Gasteiger partial charge in [-0.3, -0.25) is 4.79 Å². The summed E-state index contributed by atoms with van der Waals surface area (Å²) in [6.45, 7) is 10.6. The molecule has 29 heavy (non-hydrogen) atoms. The Hall–Kier alpha value is -2.49. The predicted octanol–water partition coefficient (Wildman–Crippen LogP) is 5.70. The summed E-state index contributed by atoms with van der Waals surface area (Å²) in [4.78, 5) is 12.8. The van der Waals surface area contributed by atoms with Crippen molar-refractivity contribution in [3.05, 3.63) is 59.2 Å². The Kier molecular flexibility index (Phi) is 6.51. The fourth-order valence-electron chi connectivity index (χ4n) is 4.05. The quantitative estimate of drug-likeness (QED) is 0.654. The molecular weight excluding hydrogens is 362 g/mol. The number of ether oxygens (including phenoxy) is 2. The van der Waals surface area contributed by atoms with E-state index >= 15 is 0 Å². The first kappa shape index (κ1) is 21.2. The minimum atomic E-state index is -0.242. The average Bonchev–Trinajstić information content (AvgIpc) is 2.71. The van der Waals surface area contributed by atoms with Gasteiger partial charge in [0.2, 0.25) is 0 Å². The molecule has 1 aliphatic rings. The smallest absolute Gasteiger partial charge is 0.258 e. The molecule has 3 rings (SSSR count). The molecule has 1 heterocycles. The second-order valence-corrected chi connectivity index (χ2v) is 8.34. The number of hydrogen-bond donors (Lipinski definition) is 1. The number of fused-ring (bicyclic) bond motifs is 1. The first-order chi connectivity index (χ1) is 13.9. The molecule has 2 aromatic carbocycles. The fraction of sp³-hybridized carbons (Fsp3) is 0.480. The number of hydrogen-bond acceptors (Lipinski definition) is 3. The largest absolute Gasteiger partial charge is 0.487 e. The zero-order chi connectivity index (χ0) is 21.0. The van der Waals surface area contributed by atoms with Gasteiger partial charge >= 0.3 is 0 Å². The Morgan fingerprint density at radius 3 is 2.62 bits per heavy atom. The first-order valence-electron chi connectivity index (χ1n) is 10.7. The molecule has 0 aromatic heterocycles. The van der Waals surface area contributed by atoms with Crippen LogP contribution in [0.5, 0.6) is 11.5 Å². The standard InChI is InChI=1S/C25H33NO3/c1-6-25(7-2)15-21(20-10-8-9-11-22(20)29-25)26-24(27)16-28-23-14-18(5)12-13-19(23)17(3)4/h8-14,17,21H,6-7,15-16H2,1-5H3,(H,26,27)/t21-/m1/s1. The number of para-hydroxylation sites is 1. The van der Waals surface area contributed by atoms with Crippen molar-refractivity contribution in [2.75, 3.05) is 6.61 Å². The predicted molar refractivity (Wildman–Crippen MR) is 117 cm³/mol. The molecule has 1 amide bonds. The maximum atomic E-state index is 12.8. The second-order valence-electron chi connectivity index (χ2n) is 8.34. The van der Waals surface area contributed by atoms with Gasteiger partial charge in [-0.2, -0.15) is 0 Å². The lowest BCUT2D eigenvalue weighted by Crippen LogP contribution is -2.45. The summed E-state index contributed by atoms with van der Waals surface area (Å²) in [7, 11) is 0. The average molecular weight is 396 g/mol. The third kappa shape index (κ3) is 4.75. The van der Waals surface area contributed by atoms with Gasteiger partial charge < -0.3 is 14.8 Å². The van der Waals surface area contributed by atoms with Crippen molar-refractivity contribution in [2.24, 2.45) is 0 Å². The van der Waals surface area contributed by atoms with Crippen LogP contribution in [0.4, 0.5) is 0 Å². The van der Waals surface area contributed by atoms with Gasteiger partial charge in [-0.25, -0.2) is 0 Å². The highest BCUT2D eigenvalue weighted by Crippen LogP contribution is 2.42. The summed E-state index contributed by atoms with van der Waals surface area (Å²) in [6.07, 6.45) is 2.58. The van der Waals surface area contributed by atoms with Crippen molar-refractivity contribution < 1.29 is 14.3 Å². The molecule has 0 spiro atoms. The number of carbonyl (C=O) groups is 1. The maximum Gasteiger partial charge on any atom is 0.258 e. The van der Waals surface area contributed by atoms with Crippen LogP contribution in [-0.2, 0) is 4.79 Å². The highest BCUT2D eigenvalue weighted by molar-refractivity contribution is 5.78. The van der Waals surface area contributed by atoms with E-state index in [1.165, 1.54) is 0 Å². The molecule has 0 radical (unpaired) electrons. The number of benzene rings is 2. The van der Waals surface area contributed by atoms with Crippen LogP contribution in [0, 0.1) is 6.92 Å². The summed E-state index contributed by atoms with van der Waals surface area (Å²) in [6, 6.07) is 14.1. The van der Waals surface area contributed by atoms with Crippen molar-refractivity contribution in [1.82, 2.24) is 5.32 Å². The minimum absolute atomic E-state index is 0.00788. The van der Waals surface area contributed by atoms with Crippen molar-refractivity contribution >= 4 is 5.91 Å². The Balaban J connectivity index is 1.73. The molecule has 4 heteroatoms. The lowest BCUT2D eigenvalue weighted by atomic mass is 9.83. The van der Waals surface area contributed by atoms with Gasteiger partial charge in [0.1, 0.15) is 17.1 Å². The van der Waals surface area contributed by atoms with Crippen LogP contribution in [0.3, 0.4) is 0 Å². The molecule has 1 aliphatic heterocycles. The molecule has 4 nitrogen and oxygen atoms in total. The van der Waals surface area contributed by atoms with Crippen molar-refractivity contribution in [3.63, 3.8) is 0 Å². The van der Waals surface area contributed by atoms with Gasteiger partial charge in [0.25, 0.3) is 5.91 Å². The van der Waals surface area contributed by atoms with E-state index in [2.05, 4.69) is 45.1 Å². The highest BCUT2D eigenvalue weighted by atomic mass is 16.5. The molecule has 0 unspecified atom stereocenters. The number of carbonyl (C=O) groups excluding carboxylic acids is 1. The lowest BCUT2D eigenvalue weighted by Gasteiger charge is -2.41. The van der Waals surface area contributed by atoms with Crippen LogP contribution in [-0.4, -0.2) is 18.1 Å². The van der Waals surface area contributed by atoms with E-state index in [1.807, 2.05) is 37.3 Å². The second kappa shape index (κ2) is 8.89. The lowest BCUT2D eigenvalue weighted by molar-refractivity contribution is -0.124. The van der Waals surface area contributed by atoms with E-state index in [9.17, 15) is 4.79 Å². The number of aryl methyl sites for hydroxylation is 1. The molecule has 0 saturated carbocycles. The van der Waals surface area contributed by atoms with Gasteiger partial charge in [-0.05, 0) is 48.9 Å². The van der Waals surface area contributed by atoms with E-state index in [0.29, 0.717) is 5.92 Å². The summed E-state index contributed by atoms with van der Waals surface area (Å²) < 4.78 is 12.3. The van der Waals surface area contributed by atoms with Gasteiger partial charge in [0.05, 0.1) is 6.04 Å². The Morgan fingerprint density at radius 2 is 1.93 bits per heavy atom. The number of rotatable bonds is 7. The minimum Gasteiger partial charge on any atom is -0.487 e. The molecule has 0 aliphatic carbocycles. The topological polar surface area (TPSA) is 47.6 Å². The summed E-state index contributed by atoms with van der Waals surface area (Å²) >= 11 is 0. The van der Waals surface area contributed by atoms with E-state index in [-0.39, 0.29) is 24.2 Å². The zero-order valence-electron chi connectivity index (χ0n) is 18.2. The Morgan fingerprint density at radius 1 is 1.21 bits per heavy atom. The molecular formula is C25H33NO3. The third-order valence-electron chi connectivity index (χ3n) is 5.97.